The molecular weight excluding hydrogens is 487 g/mol. The van der Waals surface area contributed by atoms with Gasteiger partial charge in [0, 0.05) is 16.0 Å². The van der Waals surface area contributed by atoms with E-state index in [-0.39, 0.29) is 28.6 Å². The summed E-state index contributed by atoms with van der Waals surface area (Å²) in [5, 5.41) is 10.1. The summed E-state index contributed by atoms with van der Waals surface area (Å²) in [6, 6.07) is 23.1. The molecule has 0 aliphatic heterocycles. The van der Waals surface area contributed by atoms with Crippen molar-refractivity contribution in [2.75, 3.05) is 5.32 Å². The normalized spacial score (nSPS) is 11.1. The molecule has 0 fully saturated rings. The molecular formula is C27H20F3N3O2S. The van der Waals surface area contributed by atoms with Gasteiger partial charge in [0.15, 0.2) is 5.75 Å². The quantitative estimate of drug-likeness (QED) is 0.129. The Kier molecular flexibility index (Phi) is 7.03. The molecule has 4 N–H and O–H groups in total. The predicted molar refractivity (Wildman–Crippen MR) is 136 cm³/mol. The van der Waals surface area contributed by atoms with Gasteiger partial charge in [-0.1, -0.05) is 42.5 Å². The second kappa shape index (κ2) is 10.2. The van der Waals surface area contributed by atoms with Gasteiger partial charge < -0.3 is 15.8 Å². The van der Waals surface area contributed by atoms with Crippen molar-refractivity contribution < 1.29 is 22.7 Å². The third-order valence-electron chi connectivity index (χ3n) is 5.29. The Balaban J connectivity index is 1.63. The number of amides is 1. The maximum Gasteiger partial charge on any atom is 0.416 e. The van der Waals surface area contributed by atoms with E-state index in [4.69, 9.17) is 15.9 Å². The highest BCUT2D eigenvalue weighted by Gasteiger charge is 2.31. The van der Waals surface area contributed by atoms with Crippen LogP contribution < -0.4 is 15.8 Å². The van der Waals surface area contributed by atoms with Gasteiger partial charge in [-0.15, -0.1) is 12.6 Å². The zero-order valence-electron chi connectivity index (χ0n) is 18.6. The zero-order chi connectivity index (χ0) is 25.9. The molecule has 0 saturated heterocycles. The van der Waals surface area contributed by atoms with Gasteiger partial charge in [-0.2, -0.15) is 13.2 Å². The van der Waals surface area contributed by atoms with E-state index in [0.717, 1.165) is 34.2 Å². The Bertz CT molecular complexity index is 1440. The molecule has 0 unspecified atom stereocenters. The summed E-state index contributed by atoms with van der Waals surface area (Å²) < 4.78 is 45.9. The minimum Gasteiger partial charge on any atom is -0.455 e. The molecule has 1 amide bonds. The van der Waals surface area contributed by atoms with Gasteiger partial charge in [-0.05, 0) is 59.7 Å². The first kappa shape index (κ1) is 24.9. The molecule has 9 heteroatoms. The van der Waals surface area contributed by atoms with Crippen LogP contribution in [-0.2, 0) is 6.18 Å². The number of halogens is 3. The summed E-state index contributed by atoms with van der Waals surface area (Å²) in [6.45, 7) is 0. The van der Waals surface area contributed by atoms with Crippen molar-refractivity contribution in [2.24, 2.45) is 5.73 Å². The number of rotatable bonds is 6. The van der Waals surface area contributed by atoms with Crippen LogP contribution in [-0.4, -0.2) is 11.7 Å². The summed E-state index contributed by atoms with van der Waals surface area (Å²) >= 11 is 4.44. The average Bonchev–Trinajstić information content (AvgIpc) is 2.85. The number of alkyl halides is 3. The van der Waals surface area contributed by atoms with Crippen molar-refractivity contribution in [3.8, 4) is 22.6 Å². The van der Waals surface area contributed by atoms with Crippen molar-refractivity contribution in [3.63, 3.8) is 0 Å². The fourth-order valence-corrected chi connectivity index (χ4v) is 3.75. The van der Waals surface area contributed by atoms with E-state index in [1.54, 1.807) is 42.5 Å². The van der Waals surface area contributed by atoms with Crippen LogP contribution in [0.25, 0.3) is 11.1 Å². The van der Waals surface area contributed by atoms with Gasteiger partial charge in [-0.3, -0.25) is 10.2 Å². The van der Waals surface area contributed by atoms with Gasteiger partial charge in [-0.25, -0.2) is 0 Å². The molecule has 5 nitrogen and oxygen atoms in total. The maximum atomic E-state index is 13.4. The van der Waals surface area contributed by atoms with Crippen LogP contribution in [0.3, 0.4) is 0 Å². The number of hydrogen-bond donors (Lipinski definition) is 4. The third kappa shape index (κ3) is 5.69. The highest BCUT2D eigenvalue weighted by atomic mass is 32.1. The number of nitrogen functional groups attached to an aromatic ring is 1. The summed E-state index contributed by atoms with van der Waals surface area (Å²) in [6.07, 6.45) is -4.62. The summed E-state index contributed by atoms with van der Waals surface area (Å²) in [7, 11) is 0. The van der Waals surface area contributed by atoms with Crippen LogP contribution in [0.5, 0.6) is 11.5 Å². The highest BCUT2D eigenvalue weighted by molar-refractivity contribution is 7.80. The number of thiol groups is 1. The smallest absolute Gasteiger partial charge is 0.416 e. The zero-order valence-corrected chi connectivity index (χ0v) is 19.5. The van der Waals surface area contributed by atoms with Gasteiger partial charge in [0.1, 0.15) is 11.6 Å². The molecule has 0 bridgehead atoms. The Labute approximate surface area is 210 Å². The first-order valence-electron chi connectivity index (χ1n) is 10.6. The number of nitrogens with one attached hydrogen (secondary N) is 2. The molecule has 0 aliphatic rings. The SMILES string of the molecule is N=C(N)c1cccc(Oc2ccc(C(F)(F)F)cc2NC(=O)c2ccc(-c3ccccc3S)cc2)c1. The number of nitrogens with two attached hydrogens (primary N) is 1. The maximum absolute atomic E-state index is 13.4. The fourth-order valence-electron chi connectivity index (χ4n) is 3.46. The van der Waals surface area contributed by atoms with Gasteiger partial charge >= 0.3 is 6.18 Å². The van der Waals surface area contributed by atoms with Crippen LogP contribution in [0.2, 0.25) is 0 Å². The molecule has 4 rings (SSSR count). The summed E-state index contributed by atoms with van der Waals surface area (Å²) in [4.78, 5) is 13.7. The van der Waals surface area contributed by atoms with E-state index in [2.05, 4.69) is 17.9 Å². The Morgan fingerprint density at radius 1 is 0.889 bits per heavy atom. The van der Waals surface area contributed by atoms with E-state index in [1.165, 1.54) is 6.07 Å². The van der Waals surface area contributed by atoms with Gasteiger partial charge in [0.25, 0.3) is 5.91 Å². The number of carbonyl (C=O) groups is 1. The first-order chi connectivity index (χ1) is 17.1. The lowest BCUT2D eigenvalue weighted by Gasteiger charge is -2.16. The Morgan fingerprint density at radius 2 is 1.61 bits per heavy atom. The lowest BCUT2D eigenvalue weighted by Crippen LogP contribution is -2.14. The van der Waals surface area contributed by atoms with Crippen LogP contribution in [0.4, 0.5) is 18.9 Å². The number of ether oxygens (including phenoxy) is 1. The van der Waals surface area contributed by atoms with Crippen LogP contribution in [0.1, 0.15) is 21.5 Å². The monoisotopic (exact) mass is 507 g/mol. The third-order valence-corrected chi connectivity index (χ3v) is 5.68. The van der Waals surface area contributed by atoms with Crippen molar-refractivity contribution in [2.45, 2.75) is 11.1 Å². The molecule has 0 aliphatic carbocycles. The second-order valence-corrected chi connectivity index (χ2v) is 8.28. The average molecular weight is 508 g/mol. The Hall–Kier alpha value is -4.24. The van der Waals surface area contributed by atoms with E-state index >= 15 is 0 Å². The van der Waals surface area contributed by atoms with E-state index in [0.29, 0.717) is 5.56 Å². The van der Waals surface area contributed by atoms with E-state index in [9.17, 15) is 18.0 Å². The minimum atomic E-state index is -4.62. The number of carbonyl (C=O) groups excluding carboxylic acids is 1. The molecule has 0 heterocycles. The van der Waals surface area contributed by atoms with Crippen molar-refractivity contribution in [3.05, 3.63) is 108 Å². The van der Waals surface area contributed by atoms with Crippen molar-refractivity contribution >= 4 is 30.1 Å². The molecule has 4 aromatic rings. The lowest BCUT2D eigenvalue weighted by atomic mass is 10.0. The number of amidine groups is 1. The molecule has 0 atom stereocenters. The molecule has 36 heavy (non-hydrogen) atoms. The van der Waals surface area contributed by atoms with Crippen molar-refractivity contribution in [1.82, 2.24) is 0 Å². The molecule has 0 radical (unpaired) electrons. The van der Waals surface area contributed by atoms with Crippen LogP contribution >= 0.6 is 12.6 Å². The number of hydrogen-bond acceptors (Lipinski definition) is 4. The summed E-state index contributed by atoms with van der Waals surface area (Å²) in [5.41, 5.74) is 6.75. The standard InChI is InChI=1S/C27H20F3N3O2S/c28-27(29,30)19-12-13-23(35-20-5-3-4-18(14-20)25(31)32)22(15-19)33-26(34)17-10-8-16(9-11-17)21-6-1-2-7-24(21)36/h1-15,36H,(H3,31,32)(H,33,34). The molecule has 0 saturated carbocycles. The lowest BCUT2D eigenvalue weighted by molar-refractivity contribution is -0.137. The highest BCUT2D eigenvalue weighted by Crippen LogP contribution is 2.37. The Morgan fingerprint density at radius 3 is 2.28 bits per heavy atom. The first-order valence-corrected chi connectivity index (χ1v) is 11.1. The van der Waals surface area contributed by atoms with Crippen LogP contribution in [0.15, 0.2) is 95.9 Å². The molecule has 0 spiro atoms. The topological polar surface area (TPSA) is 88.2 Å². The minimum absolute atomic E-state index is 0.00215. The number of anilines is 1. The largest absolute Gasteiger partial charge is 0.455 e. The predicted octanol–water partition coefficient (Wildman–Crippen LogP) is 6.99. The van der Waals surface area contributed by atoms with E-state index in [1.807, 2.05) is 24.3 Å². The molecule has 182 valence electrons. The second-order valence-electron chi connectivity index (χ2n) is 7.80. The number of benzene rings is 4. The van der Waals surface area contributed by atoms with Gasteiger partial charge in [0.2, 0.25) is 0 Å². The van der Waals surface area contributed by atoms with E-state index < -0.39 is 17.6 Å². The molecule has 0 aromatic heterocycles. The summed E-state index contributed by atoms with van der Waals surface area (Å²) in [5.74, 6) is -0.557. The van der Waals surface area contributed by atoms with Crippen molar-refractivity contribution in [1.29, 1.82) is 5.41 Å². The fraction of sp³-hybridized carbons (Fsp3) is 0.0370. The van der Waals surface area contributed by atoms with Crippen LogP contribution in [0, 0.1) is 5.41 Å². The molecule has 4 aromatic carbocycles. The van der Waals surface area contributed by atoms with Gasteiger partial charge in [0.05, 0.1) is 11.3 Å².